The number of aromatic nitrogens is 3. The lowest BCUT2D eigenvalue weighted by Crippen LogP contribution is -2.28. The average Bonchev–Trinajstić information content (AvgIpc) is 2.96. The molecule has 0 spiro atoms. The lowest BCUT2D eigenvalue weighted by molar-refractivity contribution is 0.456. The molecule has 124 valence electrons. The van der Waals surface area contributed by atoms with Crippen LogP contribution in [0.4, 0.5) is 0 Å². The largest absolute Gasteiger partial charge is 0.316 e. The van der Waals surface area contributed by atoms with Crippen molar-refractivity contribution in [2.45, 2.75) is 39.5 Å². The Morgan fingerprint density at radius 1 is 1.04 bits per heavy atom. The molecule has 1 atom stereocenters. The summed E-state index contributed by atoms with van der Waals surface area (Å²) in [5.74, 6) is 0.541. The molecular weight excluding hydrogens is 296 g/mol. The van der Waals surface area contributed by atoms with E-state index in [1.807, 2.05) is 13.8 Å². The van der Waals surface area contributed by atoms with Crippen LogP contribution in [0.1, 0.15) is 41.4 Å². The molecule has 3 aromatic rings. The third-order valence-corrected chi connectivity index (χ3v) is 5.03. The minimum atomic E-state index is 0.541. The molecule has 0 amide bonds. The van der Waals surface area contributed by atoms with E-state index in [0.717, 1.165) is 30.0 Å². The van der Waals surface area contributed by atoms with E-state index in [-0.39, 0.29) is 0 Å². The van der Waals surface area contributed by atoms with Crippen molar-refractivity contribution in [2.75, 3.05) is 13.1 Å². The van der Waals surface area contributed by atoms with Gasteiger partial charge >= 0.3 is 0 Å². The normalized spacial score (nSPS) is 18.2. The van der Waals surface area contributed by atoms with Crippen LogP contribution in [0.2, 0.25) is 0 Å². The zero-order valence-corrected chi connectivity index (χ0v) is 14.6. The van der Waals surface area contributed by atoms with E-state index >= 15 is 0 Å². The van der Waals surface area contributed by atoms with Crippen LogP contribution in [0.25, 0.3) is 22.0 Å². The summed E-state index contributed by atoms with van der Waals surface area (Å²) in [6.45, 7) is 8.46. The summed E-state index contributed by atoms with van der Waals surface area (Å²) >= 11 is 0. The zero-order chi connectivity index (χ0) is 16.7. The molecule has 1 aromatic carbocycles. The molecule has 2 N–H and O–H groups in total. The van der Waals surface area contributed by atoms with Crippen molar-refractivity contribution in [3.63, 3.8) is 0 Å². The van der Waals surface area contributed by atoms with Gasteiger partial charge in [0, 0.05) is 34.9 Å². The van der Waals surface area contributed by atoms with Crippen molar-refractivity contribution >= 4 is 10.9 Å². The van der Waals surface area contributed by atoms with Gasteiger partial charge in [-0.1, -0.05) is 0 Å². The molecule has 1 aliphatic rings. The highest BCUT2D eigenvalue weighted by molar-refractivity contribution is 5.88. The van der Waals surface area contributed by atoms with Crippen LogP contribution in [0.3, 0.4) is 0 Å². The van der Waals surface area contributed by atoms with Crippen molar-refractivity contribution < 1.29 is 0 Å². The van der Waals surface area contributed by atoms with Crippen LogP contribution in [-0.4, -0.2) is 28.3 Å². The van der Waals surface area contributed by atoms with Crippen LogP contribution in [0.5, 0.6) is 0 Å². The van der Waals surface area contributed by atoms with Crippen LogP contribution in [0, 0.1) is 20.8 Å². The lowest BCUT2D eigenvalue weighted by atomic mass is 9.92. The molecule has 0 radical (unpaired) electrons. The molecule has 4 rings (SSSR count). The van der Waals surface area contributed by atoms with Gasteiger partial charge in [-0.05, 0) is 81.1 Å². The van der Waals surface area contributed by atoms with Crippen LogP contribution in [0.15, 0.2) is 24.3 Å². The van der Waals surface area contributed by atoms with E-state index in [1.165, 1.54) is 40.6 Å². The molecular formula is C20H24N4. The maximum atomic E-state index is 4.60. The van der Waals surface area contributed by atoms with Gasteiger partial charge in [0.2, 0.25) is 0 Å². The highest BCUT2D eigenvalue weighted by Gasteiger charge is 2.20. The fourth-order valence-electron chi connectivity index (χ4n) is 3.90. The Balaban J connectivity index is 1.81. The SMILES string of the molecule is Cc1cc(-c2cc3n[nH]c(C4CCCNC4)c3cc2C)cc(C)n1. The smallest absolute Gasteiger partial charge is 0.0930 e. The van der Waals surface area contributed by atoms with Gasteiger partial charge in [0.05, 0.1) is 5.52 Å². The van der Waals surface area contributed by atoms with Crippen molar-refractivity contribution in [3.05, 3.63) is 46.9 Å². The first kappa shape index (κ1) is 15.3. The van der Waals surface area contributed by atoms with Crippen LogP contribution in [-0.2, 0) is 0 Å². The number of rotatable bonds is 2. The number of nitrogens with zero attached hydrogens (tertiary/aromatic N) is 2. The Morgan fingerprint density at radius 2 is 1.83 bits per heavy atom. The minimum absolute atomic E-state index is 0.541. The van der Waals surface area contributed by atoms with Gasteiger partial charge in [-0.15, -0.1) is 0 Å². The molecule has 1 saturated heterocycles. The topological polar surface area (TPSA) is 53.6 Å². The number of benzene rings is 1. The Bertz CT molecular complexity index is 868. The fourth-order valence-corrected chi connectivity index (χ4v) is 3.90. The number of piperidine rings is 1. The van der Waals surface area contributed by atoms with Gasteiger partial charge in [0.15, 0.2) is 0 Å². The summed E-state index contributed by atoms with van der Waals surface area (Å²) in [5.41, 5.74) is 8.22. The number of aromatic amines is 1. The van der Waals surface area contributed by atoms with Crippen molar-refractivity contribution in [1.29, 1.82) is 0 Å². The van der Waals surface area contributed by atoms with E-state index in [9.17, 15) is 0 Å². The molecule has 4 heteroatoms. The number of hydrogen-bond donors (Lipinski definition) is 2. The molecule has 1 aliphatic heterocycles. The Kier molecular flexibility index (Phi) is 3.85. The molecule has 4 nitrogen and oxygen atoms in total. The number of fused-ring (bicyclic) bond motifs is 1. The molecule has 3 heterocycles. The predicted octanol–water partition coefficient (Wildman–Crippen LogP) is 4.02. The van der Waals surface area contributed by atoms with E-state index < -0.39 is 0 Å². The second kappa shape index (κ2) is 6.02. The van der Waals surface area contributed by atoms with E-state index in [2.05, 4.69) is 51.7 Å². The van der Waals surface area contributed by atoms with E-state index in [4.69, 9.17) is 0 Å². The first-order valence-electron chi connectivity index (χ1n) is 8.77. The molecule has 1 fully saturated rings. The molecule has 2 aromatic heterocycles. The van der Waals surface area contributed by atoms with Crippen molar-refractivity contribution in [3.8, 4) is 11.1 Å². The lowest BCUT2D eigenvalue weighted by Gasteiger charge is -2.22. The average molecular weight is 320 g/mol. The highest BCUT2D eigenvalue weighted by atomic mass is 15.1. The maximum absolute atomic E-state index is 4.60. The summed E-state index contributed by atoms with van der Waals surface area (Å²) < 4.78 is 0. The van der Waals surface area contributed by atoms with Gasteiger partial charge in [0.25, 0.3) is 0 Å². The number of H-pyrrole nitrogens is 1. The summed E-state index contributed by atoms with van der Waals surface area (Å²) in [6, 6.07) is 8.82. The fraction of sp³-hybridized carbons (Fsp3) is 0.400. The number of hydrogen-bond acceptors (Lipinski definition) is 3. The number of aryl methyl sites for hydroxylation is 3. The zero-order valence-electron chi connectivity index (χ0n) is 14.6. The molecule has 0 bridgehead atoms. The van der Waals surface area contributed by atoms with Gasteiger partial charge in [-0.25, -0.2) is 0 Å². The second-order valence-corrected chi connectivity index (χ2v) is 7.00. The van der Waals surface area contributed by atoms with Gasteiger partial charge in [0.1, 0.15) is 0 Å². The summed E-state index contributed by atoms with van der Waals surface area (Å²) in [7, 11) is 0. The summed E-state index contributed by atoms with van der Waals surface area (Å²) in [4.78, 5) is 4.49. The van der Waals surface area contributed by atoms with E-state index in [0.29, 0.717) is 5.92 Å². The highest BCUT2D eigenvalue weighted by Crippen LogP contribution is 2.33. The maximum Gasteiger partial charge on any atom is 0.0930 e. The number of pyridine rings is 1. The van der Waals surface area contributed by atoms with Crippen LogP contribution >= 0.6 is 0 Å². The summed E-state index contributed by atoms with van der Waals surface area (Å²) in [5, 5.41) is 12.7. The molecule has 0 aliphatic carbocycles. The molecule has 1 unspecified atom stereocenters. The van der Waals surface area contributed by atoms with Crippen molar-refractivity contribution in [2.24, 2.45) is 0 Å². The van der Waals surface area contributed by atoms with Crippen molar-refractivity contribution in [1.82, 2.24) is 20.5 Å². The standard InChI is InChI=1S/C20H24N4/c1-12-7-18-19(23-24-20(18)15-5-4-6-21-11-15)10-17(12)16-8-13(2)22-14(3)9-16/h7-10,15,21H,4-6,11H2,1-3H3,(H,23,24). The van der Waals surface area contributed by atoms with Crippen LogP contribution < -0.4 is 5.32 Å². The Morgan fingerprint density at radius 3 is 2.54 bits per heavy atom. The third-order valence-electron chi connectivity index (χ3n) is 5.03. The number of nitrogens with one attached hydrogen (secondary N) is 2. The molecule has 0 saturated carbocycles. The second-order valence-electron chi connectivity index (χ2n) is 7.00. The van der Waals surface area contributed by atoms with Gasteiger partial charge in [-0.3, -0.25) is 10.1 Å². The first-order chi connectivity index (χ1) is 11.6. The summed E-state index contributed by atoms with van der Waals surface area (Å²) in [6.07, 6.45) is 2.46. The first-order valence-corrected chi connectivity index (χ1v) is 8.77. The monoisotopic (exact) mass is 320 g/mol. The van der Waals surface area contributed by atoms with E-state index in [1.54, 1.807) is 0 Å². The minimum Gasteiger partial charge on any atom is -0.316 e. The van der Waals surface area contributed by atoms with Gasteiger partial charge in [-0.2, -0.15) is 5.10 Å². The Labute approximate surface area is 142 Å². The predicted molar refractivity (Wildman–Crippen MR) is 98.4 cm³/mol. The Hall–Kier alpha value is -2.20. The third kappa shape index (κ3) is 2.71. The van der Waals surface area contributed by atoms with Gasteiger partial charge < -0.3 is 5.32 Å². The molecule has 24 heavy (non-hydrogen) atoms. The quantitative estimate of drug-likeness (QED) is 0.750.